The van der Waals surface area contributed by atoms with Crippen LogP contribution in [0.25, 0.3) is 0 Å². The zero-order valence-electron chi connectivity index (χ0n) is 14.2. The molecule has 19 heavy (non-hydrogen) atoms. The van der Waals surface area contributed by atoms with E-state index in [9.17, 15) is 0 Å². The highest BCUT2D eigenvalue weighted by Gasteiger charge is 2.09. The lowest BCUT2D eigenvalue weighted by Crippen LogP contribution is -2.43. The Balaban J connectivity index is 0.00000154. The molecule has 1 aliphatic rings. The summed E-state index contributed by atoms with van der Waals surface area (Å²) in [6, 6.07) is 0. The van der Waals surface area contributed by atoms with Crippen LogP contribution in [0.5, 0.6) is 0 Å². The van der Waals surface area contributed by atoms with E-state index < -0.39 is 0 Å². The third-order valence-corrected chi connectivity index (χ3v) is 3.61. The van der Waals surface area contributed by atoms with Crippen molar-refractivity contribution in [1.82, 2.24) is 10.2 Å². The van der Waals surface area contributed by atoms with E-state index in [2.05, 4.69) is 31.0 Å². The Morgan fingerprint density at radius 1 is 0.842 bits per heavy atom. The number of hydrogen-bond acceptors (Lipinski definition) is 2. The molecule has 2 heteroatoms. The van der Waals surface area contributed by atoms with Crippen molar-refractivity contribution in [1.29, 1.82) is 0 Å². The van der Waals surface area contributed by atoms with Crippen molar-refractivity contribution in [3.05, 3.63) is 0 Å². The van der Waals surface area contributed by atoms with Gasteiger partial charge >= 0.3 is 0 Å². The Bertz CT molecular complexity index is 178. The van der Waals surface area contributed by atoms with Gasteiger partial charge in [0.2, 0.25) is 0 Å². The van der Waals surface area contributed by atoms with Gasteiger partial charge in [0, 0.05) is 26.2 Å². The van der Waals surface area contributed by atoms with Gasteiger partial charge in [-0.15, -0.1) is 0 Å². The first-order chi connectivity index (χ1) is 9.08. The molecule has 0 bridgehead atoms. The molecule has 0 aliphatic carbocycles. The maximum absolute atomic E-state index is 3.41. The average molecular weight is 271 g/mol. The fourth-order valence-corrected chi connectivity index (χ4v) is 2.46. The van der Waals surface area contributed by atoms with Gasteiger partial charge in [0.25, 0.3) is 0 Å². The number of hydrogen-bond donors (Lipinski definition) is 1. The summed E-state index contributed by atoms with van der Waals surface area (Å²) in [7, 11) is 0. The topological polar surface area (TPSA) is 15.3 Å². The van der Waals surface area contributed by atoms with Crippen LogP contribution in [0.2, 0.25) is 0 Å². The second-order valence-electron chi connectivity index (χ2n) is 6.67. The van der Waals surface area contributed by atoms with Crippen molar-refractivity contribution in [3.63, 3.8) is 0 Å². The molecule has 0 aromatic carbocycles. The Kier molecular flexibility index (Phi) is 11.7. The summed E-state index contributed by atoms with van der Waals surface area (Å²) < 4.78 is 0. The van der Waals surface area contributed by atoms with Gasteiger partial charge in [0.15, 0.2) is 0 Å². The van der Waals surface area contributed by atoms with Crippen LogP contribution in [0.3, 0.4) is 0 Å². The normalized spacial score (nSPS) is 16.9. The summed E-state index contributed by atoms with van der Waals surface area (Å²) in [6.07, 6.45) is 8.48. The molecule has 0 aromatic rings. The smallest absolute Gasteiger partial charge is 0.0107 e. The highest BCUT2D eigenvalue weighted by Crippen LogP contribution is 2.22. The van der Waals surface area contributed by atoms with Crippen molar-refractivity contribution in [2.75, 3.05) is 32.7 Å². The van der Waals surface area contributed by atoms with Crippen LogP contribution in [-0.2, 0) is 0 Å². The molecule has 1 saturated heterocycles. The largest absolute Gasteiger partial charge is 0.314 e. The van der Waals surface area contributed by atoms with E-state index in [4.69, 9.17) is 0 Å². The molecule has 0 aromatic heterocycles. The van der Waals surface area contributed by atoms with Gasteiger partial charge in [0.05, 0.1) is 0 Å². The summed E-state index contributed by atoms with van der Waals surface area (Å²) in [4.78, 5) is 2.60. The van der Waals surface area contributed by atoms with Gasteiger partial charge in [-0.2, -0.15) is 0 Å². The molecular weight excluding hydrogens is 232 g/mol. The Morgan fingerprint density at radius 3 is 1.95 bits per heavy atom. The van der Waals surface area contributed by atoms with E-state index in [0.717, 1.165) is 0 Å². The van der Waals surface area contributed by atoms with E-state index in [1.54, 1.807) is 0 Å². The van der Waals surface area contributed by atoms with Gasteiger partial charge in [-0.1, -0.05) is 60.3 Å². The summed E-state index contributed by atoms with van der Waals surface area (Å²) in [5.41, 5.74) is 0.529. The van der Waals surface area contributed by atoms with Crippen molar-refractivity contribution in [2.24, 2.45) is 5.41 Å². The lowest BCUT2D eigenvalue weighted by Gasteiger charge is -2.27. The molecule has 1 heterocycles. The molecule has 0 radical (unpaired) electrons. The van der Waals surface area contributed by atoms with Gasteiger partial charge in [-0.3, -0.25) is 0 Å². The van der Waals surface area contributed by atoms with Crippen LogP contribution >= 0.6 is 0 Å². The molecule has 0 unspecified atom stereocenters. The van der Waals surface area contributed by atoms with Crippen LogP contribution in [-0.4, -0.2) is 37.6 Å². The number of piperazine rings is 1. The number of unbranched alkanes of at least 4 members (excludes halogenated alkanes) is 4. The van der Waals surface area contributed by atoms with Gasteiger partial charge in [-0.25, -0.2) is 0 Å². The molecule has 1 N–H and O–H groups in total. The fraction of sp³-hybridized carbons (Fsp3) is 1.00. The van der Waals surface area contributed by atoms with E-state index in [-0.39, 0.29) is 0 Å². The summed E-state index contributed by atoms with van der Waals surface area (Å²) >= 11 is 0. The summed E-state index contributed by atoms with van der Waals surface area (Å²) in [5.74, 6) is 0. The highest BCUT2D eigenvalue weighted by atomic mass is 15.2. The second-order valence-corrected chi connectivity index (χ2v) is 6.67. The molecule has 0 amide bonds. The first kappa shape index (κ1) is 18.9. The van der Waals surface area contributed by atoms with Gasteiger partial charge in [0.1, 0.15) is 0 Å². The summed E-state index contributed by atoms with van der Waals surface area (Å²) in [5, 5.41) is 3.41. The first-order valence-corrected chi connectivity index (χ1v) is 8.51. The van der Waals surface area contributed by atoms with E-state index in [1.807, 2.05) is 13.8 Å². The maximum atomic E-state index is 3.41. The maximum Gasteiger partial charge on any atom is 0.0107 e. The fourth-order valence-electron chi connectivity index (χ4n) is 2.46. The predicted molar refractivity (Wildman–Crippen MR) is 87.8 cm³/mol. The monoisotopic (exact) mass is 270 g/mol. The van der Waals surface area contributed by atoms with Crippen molar-refractivity contribution >= 4 is 0 Å². The van der Waals surface area contributed by atoms with Crippen LogP contribution in [0.15, 0.2) is 0 Å². The van der Waals surface area contributed by atoms with Crippen molar-refractivity contribution in [2.45, 2.75) is 73.1 Å². The zero-order valence-corrected chi connectivity index (χ0v) is 14.2. The molecule has 116 valence electrons. The third-order valence-electron chi connectivity index (χ3n) is 3.61. The lowest BCUT2D eigenvalue weighted by molar-refractivity contribution is 0.235. The molecular formula is C17H38N2. The van der Waals surface area contributed by atoms with Gasteiger partial charge in [-0.05, 0) is 24.8 Å². The van der Waals surface area contributed by atoms with Crippen LogP contribution < -0.4 is 5.32 Å². The molecule has 0 saturated carbocycles. The number of rotatable bonds is 7. The molecule has 0 spiro atoms. The molecule has 2 nitrogen and oxygen atoms in total. The molecule has 1 rings (SSSR count). The van der Waals surface area contributed by atoms with Crippen LogP contribution in [0.4, 0.5) is 0 Å². The Morgan fingerprint density at radius 2 is 1.37 bits per heavy atom. The van der Waals surface area contributed by atoms with Crippen LogP contribution in [0, 0.1) is 5.41 Å². The second kappa shape index (κ2) is 11.7. The predicted octanol–water partition coefficient (Wildman–Crippen LogP) is 4.30. The molecule has 0 atom stereocenters. The van der Waals surface area contributed by atoms with Crippen molar-refractivity contribution < 1.29 is 0 Å². The number of nitrogens with zero attached hydrogens (tertiary/aromatic N) is 1. The standard InChI is InChI=1S/C15H32N2.C2H6/c1-15(2,3)9-7-5-4-6-8-12-17-13-10-16-11-14-17;1-2/h16H,4-14H2,1-3H3;1-2H3. The minimum Gasteiger partial charge on any atom is -0.314 e. The quantitative estimate of drug-likeness (QED) is 0.694. The highest BCUT2D eigenvalue weighted by molar-refractivity contribution is 4.67. The van der Waals surface area contributed by atoms with Crippen molar-refractivity contribution in [3.8, 4) is 0 Å². The van der Waals surface area contributed by atoms with Gasteiger partial charge < -0.3 is 10.2 Å². The van der Waals surface area contributed by atoms with E-state index >= 15 is 0 Å². The van der Waals surface area contributed by atoms with E-state index in [1.165, 1.54) is 71.2 Å². The number of nitrogens with one attached hydrogen (secondary N) is 1. The first-order valence-electron chi connectivity index (χ1n) is 8.51. The Hall–Kier alpha value is -0.0800. The minimum atomic E-state index is 0.529. The summed E-state index contributed by atoms with van der Waals surface area (Å²) in [6.45, 7) is 17.2. The minimum absolute atomic E-state index is 0.529. The Labute approximate surface area is 122 Å². The van der Waals surface area contributed by atoms with Crippen LogP contribution in [0.1, 0.15) is 73.1 Å². The average Bonchev–Trinajstić information content (AvgIpc) is 2.40. The zero-order chi connectivity index (χ0) is 14.6. The van der Waals surface area contributed by atoms with E-state index in [0.29, 0.717) is 5.41 Å². The SMILES string of the molecule is CC.CC(C)(C)CCCCCCCN1CCNCC1. The molecule has 1 aliphatic heterocycles. The molecule has 1 fully saturated rings. The third kappa shape index (κ3) is 12.7. The lowest BCUT2D eigenvalue weighted by atomic mass is 9.89.